The van der Waals surface area contributed by atoms with Gasteiger partial charge in [0, 0.05) is 17.5 Å². The number of benzene rings is 1. The van der Waals surface area contributed by atoms with Crippen LogP contribution in [0, 0.1) is 13.8 Å². The molecule has 12 nitrogen and oxygen atoms in total. The Labute approximate surface area is 248 Å². The van der Waals surface area contributed by atoms with E-state index in [-0.39, 0.29) is 29.7 Å². The molecule has 4 heterocycles. The van der Waals surface area contributed by atoms with Crippen molar-refractivity contribution in [1.82, 2.24) is 19.3 Å². The fourth-order valence-electron chi connectivity index (χ4n) is 5.65. The van der Waals surface area contributed by atoms with Gasteiger partial charge in [0.1, 0.15) is 34.2 Å². The third-order valence-corrected chi connectivity index (χ3v) is 9.41. The van der Waals surface area contributed by atoms with Crippen molar-refractivity contribution in [3.63, 3.8) is 0 Å². The van der Waals surface area contributed by atoms with Crippen molar-refractivity contribution in [2.24, 2.45) is 0 Å². The normalized spacial score (nSPS) is 16.0. The summed E-state index contributed by atoms with van der Waals surface area (Å²) in [6.45, 7) is 6.07. The lowest BCUT2D eigenvalue weighted by molar-refractivity contribution is -0.146. The largest absolute Gasteiger partial charge is 0.508 e. The molecular weight excluding hydrogens is 576 g/mol. The van der Waals surface area contributed by atoms with Crippen LogP contribution in [-0.2, 0) is 34.5 Å². The van der Waals surface area contributed by atoms with Crippen LogP contribution in [0.25, 0.3) is 21.0 Å². The fraction of sp³-hybridized carbons (Fsp3) is 0.367. The lowest BCUT2D eigenvalue weighted by Crippen LogP contribution is -2.52. The highest BCUT2D eigenvalue weighted by Crippen LogP contribution is 2.38. The Bertz CT molecular complexity index is 1960. The first-order valence-electron chi connectivity index (χ1n) is 13.8. The van der Waals surface area contributed by atoms with E-state index in [9.17, 15) is 24.6 Å². The van der Waals surface area contributed by atoms with Gasteiger partial charge in [-0.3, -0.25) is 9.36 Å². The quantitative estimate of drug-likeness (QED) is 0.260. The molecule has 0 radical (unpaired) electrons. The first-order chi connectivity index (χ1) is 20.5. The van der Waals surface area contributed by atoms with Gasteiger partial charge in [-0.15, -0.1) is 11.3 Å². The molecule has 2 N–H and O–H groups in total. The van der Waals surface area contributed by atoms with Crippen molar-refractivity contribution in [2.45, 2.75) is 71.2 Å². The molecule has 0 aliphatic heterocycles. The molecule has 0 saturated heterocycles. The first-order valence-corrected chi connectivity index (χ1v) is 14.6. The van der Waals surface area contributed by atoms with Gasteiger partial charge in [0.2, 0.25) is 5.89 Å². The highest BCUT2D eigenvalue weighted by atomic mass is 32.1. The number of phenols is 1. The molecule has 2 unspecified atom stereocenters. The van der Waals surface area contributed by atoms with Crippen molar-refractivity contribution in [3.8, 4) is 16.5 Å². The van der Waals surface area contributed by atoms with Gasteiger partial charge in [-0.1, -0.05) is 23.4 Å². The number of nitrogens with zero attached hydrogens (tertiary/aromatic N) is 4. The lowest BCUT2D eigenvalue weighted by atomic mass is 9.93. The van der Waals surface area contributed by atoms with Crippen LogP contribution in [-0.4, -0.2) is 41.6 Å². The summed E-state index contributed by atoms with van der Waals surface area (Å²) in [5.74, 6) is -0.362. The Balaban J connectivity index is 1.54. The van der Waals surface area contributed by atoms with Crippen molar-refractivity contribution in [1.29, 1.82) is 0 Å². The molecule has 1 aliphatic rings. The summed E-state index contributed by atoms with van der Waals surface area (Å²) in [5.41, 5.74) is -0.560. The van der Waals surface area contributed by atoms with Crippen LogP contribution in [0.5, 0.6) is 5.75 Å². The van der Waals surface area contributed by atoms with E-state index >= 15 is 0 Å². The van der Waals surface area contributed by atoms with Crippen LogP contribution in [0.3, 0.4) is 0 Å². The van der Waals surface area contributed by atoms with Crippen molar-refractivity contribution in [3.05, 3.63) is 85.7 Å². The lowest BCUT2D eigenvalue weighted by Gasteiger charge is -2.29. The maximum Gasteiger partial charge on any atom is 0.333 e. The molecule has 0 amide bonds. The molecule has 1 aliphatic carbocycles. The number of carboxylic acids is 1. The van der Waals surface area contributed by atoms with Crippen LogP contribution in [0.4, 0.5) is 0 Å². The molecule has 0 saturated carbocycles. The number of fused-ring (bicyclic) bond motifs is 2. The second-order valence-corrected chi connectivity index (χ2v) is 12.2. The number of carbonyl (C=O) groups is 1. The molecule has 1 aromatic carbocycles. The van der Waals surface area contributed by atoms with E-state index in [0.717, 1.165) is 32.9 Å². The fourth-order valence-corrected chi connectivity index (χ4v) is 6.89. The van der Waals surface area contributed by atoms with Gasteiger partial charge in [-0.25, -0.2) is 19.1 Å². The Morgan fingerprint density at radius 1 is 1.26 bits per heavy atom. The Morgan fingerprint density at radius 2 is 2.02 bits per heavy atom. The average molecular weight is 607 g/mol. The zero-order chi connectivity index (χ0) is 30.6. The maximum absolute atomic E-state index is 14.2. The predicted molar refractivity (Wildman–Crippen MR) is 157 cm³/mol. The molecular formula is C30H30N4O8S. The number of phenolic OH excluding ortho intramolecular Hbond substituents is 1. The van der Waals surface area contributed by atoms with E-state index in [1.807, 2.05) is 6.92 Å². The molecule has 224 valence electrons. The Kier molecular flexibility index (Phi) is 7.09. The SMILES string of the molecule is Cc1onc2c1CC(OC(Cn1c(=O)n(C(C)(C)C(=O)O)c(=O)c3c(C)c(-c4ncco4)sc31)c1ccccc1O)CC2. The van der Waals surface area contributed by atoms with E-state index in [4.69, 9.17) is 13.7 Å². The van der Waals surface area contributed by atoms with E-state index < -0.39 is 28.9 Å². The van der Waals surface area contributed by atoms with E-state index in [0.29, 0.717) is 40.1 Å². The zero-order valence-corrected chi connectivity index (χ0v) is 24.8. The van der Waals surface area contributed by atoms with E-state index in [1.165, 1.54) is 36.9 Å². The number of hydrogen-bond acceptors (Lipinski definition) is 10. The number of aromatic nitrogens is 4. The summed E-state index contributed by atoms with van der Waals surface area (Å²) in [6.07, 6.45) is 3.61. The highest BCUT2D eigenvalue weighted by molar-refractivity contribution is 7.22. The number of hydrogen-bond donors (Lipinski definition) is 2. The van der Waals surface area contributed by atoms with Gasteiger partial charge in [0.05, 0.1) is 34.8 Å². The first kappa shape index (κ1) is 28.6. The molecule has 2 atom stereocenters. The minimum atomic E-state index is -1.86. The topological polar surface area (TPSA) is 163 Å². The standard InChI is InChI=1S/C30H30N4O8S/c1-15-23-26(36)34(30(3,4)28(37)38)29(39)33(27(23)43-24(15)25-31-11-12-40-25)14-22(18-7-5-6-8-21(18)35)41-17-9-10-20-19(13-17)16(2)42-32-20/h5-8,11-12,17,22,35H,9-10,13-14H2,1-4H3,(H,37,38). The number of ether oxygens (including phenoxy) is 1. The number of rotatable bonds is 8. The van der Waals surface area contributed by atoms with Gasteiger partial charge in [0.25, 0.3) is 5.56 Å². The summed E-state index contributed by atoms with van der Waals surface area (Å²) in [5, 5.41) is 25.2. The number of carboxylic acid groups (broad SMARTS) is 1. The second kappa shape index (κ2) is 10.7. The van der Waals surface area contributed by atoms with E-state index in [1.54, 1.807) is 25.1 Å². The minimum Gasteiger partial charge on any atom is -0.508 e. The Hall–Kier alpha value is -4.49. The smallest absolute Gasteiger partial charge is 0.333 e. The maximum atomic E-state index is 14.2. The summed E-state index contributed by atoms with van der Waals surface area (Å²) >= 11 is 1.15. The van der Waals surface area contributed by atoms with Gasteiger partial charge in [-0.2, -0.15) is 0 Å². The molecule has 43 heavy (non-hydrogen) atoms. The second-order valence-electron chi connectivity index (χ2n) is 11.2. The Morgan fingerprint density at radius 3 is 2.72 bits per heavy atom. The zero-order valence-electron chi connectivity index (χ0n) is 24.0. The number of aryl methyl sites for hydroxylation is 3. The third kappa shape index (κ3) is 4.78. The molecule has 4 aromatic heterocycles. The van der Waals surface area contributed by atoms with Crippen molar-refractivity contribution in [2.75, 3.05) is 0 Å². The monoisotopic (exact) mass is 606 g/mol. The highest BCUT2D eigenvalue weighted by Gasteiger charge is 2.36. The molecule has 0 bridgehead atoms. The molecule has 13 heteroatoms. The predicted octanol–water partition coefficient (Wildman–Crippen LogP) is 4.33. The number of aromatic hydroxyl groups is 1. The van der Waals surface area contributed by atoms with Crippen LogP contribution >= 0.6 is 11.3 Å². The molecule has 5 aromatic rings. The van der Waals surface area contributed by atoms with Crippen LogP contribution in [0.2, 0.25) is 0 Å². The van der Waals surface area contributed by atoms with Crippen molar-refractivity contribution >= 4 is 27.5 Å². The van der Waals surface area contributed by atoms with Gasteiger partial charge >= 0.3 is 11.7 Å². The molecule has 0 spiro atoms. The van der Waals surface area contributed by atoms with E-state index in [2.05, 4.69) is 10.1 Å². The van der Waals surface area contributed by atoms with Crippen LogP contribution in [0.15, 0.2) is 55.3 Å². The molecule has 0 fully saturated rings. The summed E-state index contributed by atoms with van der Waals surface area (Å²) < 4.78 is 19.7. The number of para-hydroxylation sites is 1. The summed E-state index contributed by atoms with van der Waals surface area (Å²) in [7, 11) is 0. The number of oxazole rings is 1. The number of thiophene rings is 1. The molecule has 6 rings (SSSR count). The summed E-state index contributed by atoms with van der Waals surface area (Å²) in [6, 6.07) is 6.71. The van der Waals surface area contributed by atoms with Crippen LogP contribution < -0.4 is 11.2 Å². The minimum absolute atomic E-state index is 0.0172. The van der Waals surface area contributed by atoms with Gasteiger partial charge < -0.3 is 23.9 Å². The summed E-state index contributed by atoms with van der Waals surface area (Å²) in [4.78, 5) is 45.4. The van der Waals surface area contributed by atoms with Crippen LogP contribution in [0.1, 0.15) is 54.5 Å². The number of aliphatic carboxylic acids is 1. The van der Waals surface area contributed by atoms with Gasteiger partial charge in [0.15, 0.2) is 0 Å². The van der Waals surface area contributed by atoms with Crippen molar-refractivity contribution < 1.29 is 28.7 Å². The van der Waals surface area contributed by atoms with Gasteiger partial charge in [-0.05, 0) is 52.2 Å². The average Bonchev–Trinajstić information content (AvgIpc) is 3.70. The third-order valence-electron chi connectivity index (χ3n) is 8.11.